The predicted octanol–water partition coefficient (Wildman–Crippen LogP) is 4.49. The van der Waals surface area contributed by atoms with Gasteiger partial charge in [0.2, 0.25) is 0 Å². The summed E-state index contributed by atoms with van der Waals surface area (Å²) in [4.78, 5) is 1.25. The molecule has 1 heterocycles. The molecule has 19 heavy (non-hydrogen) atoms. The van der Waals surface area contributed by atoms with Crippen LogP contribution in [0.5, 0.6) is 5.75 Å². The fourth-order valence-corrected chi connectivity index (χ4v) is 3.11. The Balaban J connectivity index is 2.08. The van der Waals surface area contributed by atoms with E-state index in [9.17, 15) is 0 Å². The molecule has 102 valence electrons. The lowest BCUT2D eigenvalue weighted by Gasteiger charge is -2.15. The second kappa shape index (κ2) is 6.30. The van der Waals surface area contributed by atoms with Gasteiger partial charge in [0.15, 0.2) is 0 Å². The lowest BCUT2D eigenvalue weighted by molar-refractivity contribution is 0.244. The minimum Gasteiger partial charge on any atom is -0.489 e. The van der Waals surface area contributed by atoms with Crippen LogP contribution in [0, 0.1) is 0 Å². The van der Waals surface area contributed by atoms with E-state index < -0.39 is 0 Å². The Kier molecular flexibility index (Phi) is 4.71. The van der Waals surface area contributed by atoms with Crippen molar-refractivity contribution in [3.05, 3.63) is 39.0 Å². The first-order chi connectivity index (χ1) is 9.06. The number of ether oxygens (including phenoxy) is 1. The number of halogens is 1. The maximum Gasteiger partial charge on any atom is 0.144 e. The fraction of sp³-hybridized carbons (Fsp3) is 0.286. The maximum atomic E-state index is 6.11. The largest absolute Gasteiger partial charge is 0.489 e. The van der Waals surface area contributed by atoms with E-state index >= 15 is 0 Å². The molecule has 0 aliphatic carbocycles. The average molecular weight is 341 g/mol. The van der Waals surface area contributed by atoms with Gasteiger partial charge in [-0.25, -0.2) is 0 Å². The zero-order valence-electron chi connectivity index (χ0n) is 10.9. The minimum absolute atomic E-state index is 0.116. The van der Waals surface area contributed by atoms with Crippen molar-refractivity contribution in [1.29, 1.82) is 0 Å². The third-order valence-electron chi connectivity index (χ3n) is 2.51. The van der Waals surface area contributed by atoms with E-state index in [4.69, 9.17) is 10.5 Å². The molecule has 0 saturated carbocycles. The molecule has 1 aromatic carbocycles. The van der Waals surface area contributed by atoms with Gasteiger partial charge < -0.3 is 15.8 Å². The first-order valence-corrected chi connectivity index (χ1v) is 7.70. The monoisotopic (exact) mass is 340 g/mol. The van der Waals surface area contributed by atoms with E-state index in [1.165, 1.54) is 4.88 Å². The molecule has 0 aliphatic rings. The van der Waals surface area contributed by atoms with Gasteiger partial charge in [-0.15, -0.1) is 11.3 Å². The van der Waals surface area contributed by atoms with Crippen LogP contribution in [0.15, 0.2) is 34.1 Å². The van der Waals surface area contributed by atoms with Gasteiger partial charge in [-0.1, -0.05) is 6.07 Å². The topological polar surface area (TPSA) is 47.3 Å². The molecule has 1 aromatic heterocycles. The first kappa shape index (κ1) is 14.2. The normalized spacial score (nSPS) is 10.7. The number of nitrogen functional groups attached to an aromatic ring is 1. The summed E-state index contributed by atoms with van der Waals surface area (Å²) in [5.74, 6) is 0.729. The molecule has 0 saturated heterocycles. The molecule has 0 amide bonds. The van der Waals surface area contributed by atoms with Crippen molar-refractivity contribution in [2.45, 2.75) is 26.5 Å². The van der Waals surface area contributed by atoms with Crippen LogP contribution in [0.4, 0.5) is 11.4 Å². The van der Waals surface area contributed by atoms with Crippen molar-refractivity contribution < 1.29 is 4.74 Å². The Morgan fingerprint density at radius 3 is 2.74 bits per heavy atom. The summed E-state index contributed by atoms with van der Waals surface area (Å²) in [6.07, 6.45) is 0.116. The Morgan fingerprint density at radius 2 is 2.11 bits per heavy atom. The molecule has 5 heteroatoms. The number of hydrogen-bond donors (Lipinski definition) is 2. The van der Waals surface area contributed by atoms with E-state index in [2.05, 4.69) is 27.3 Å². The second-order valence-electron chi connectivity index (χ2n) is 4.44. The SMILES string of the molecule is CC(C)Oc1cccc(NCc2ccc(Br)s2)c1N. The molecule has 0 fully saturated rings. The van der Waals surface area contributed by atoms with Crippen LogP contribution in [0.2, 0.25) is 0 Å². The summed E-state index contributed by atoms with van der Waals surface area (Å²) < 4.78 is 6.81. The highest BCUT2D eigenvalue weighted by atomic mass is 79.9. The van der Waals surface area contributed by atoms with Gasteiger partial charge in [-0.2, -0.15) is 0 Å². The van der Waals surface area contributed by atoms with Crippen molar-refractivity contribution in [3.8, 4) is 5.75 Å². The number of para-hydroxylation sites is 1. The Hall–Kier alpha value is -1.20. The standard InChI is InChI=1S/C14H17BrN2OS/c1-9(2)18-12-5-3-4-11(14(12)16)17-8-10-6-7-13(15)19-10/h3-7,9,17H,8,16H2,1-2H3. The van der Waals surface area contributed by atoms with Crippen molar-refractivity contribution in [2.75, 3.05) is 11.1 Å². The highest BCUT2D eigenvalue weighted by Crippen LogP contribution is 2.31. The maximum absolute atomic E-state index is 6.11. The minimum atomic E-state index is 0.116. The van der Waals surface area contributed by atoms with E-state index in [0.717, 1.165) is 21.8 Å². The first-order valence-electron chi connectivity index (χ1n) is 6.09. The van der Waals surface area contributed by atoms with Crippen LogP contribution in [0.3, 0.4) is 0 Å². The third kappa shape index (κ3) is 3.88. The van der Waals surface area contributed by atoms with Crippen LogP contribution in [0.25, 0.3) is 0 Å². The summed E-state index contributed by atoms with van der Waals surface area (Å²) in [7, 11) is 0. The van der Waals surface area contributed by atoms with Crippen LogP contribution in [-0.4, -0.2) is 6.10 Å². The average Bonchev–Trinajstić information content (AvgIpc) is 2.76. The summed E-state index contributed by atoms with van der Waals surface area (Å²) in [6.45, 7) is 4.73. The van der Waals surface area contributed by atoms with Gasteiger partial charge in [0.25, 0.3) is 0 Å². The van der Waals surface area contributed by atoms with Crippen molar-refractivity contribution in [3.63, 3.8) is 0 Å². The number of anilines is 2. The van der Waals surface area contributed by atoms with Crippen molar-refractivity contribution >= 4 is 38.6 Å². The van der Waals surface area contributed by atoms with Crippen LogP contribution in [0.1, 0.15) is 18.7 Å². The summed E-state index contributed by atoms with van der Waals surface area (Å²) in [5.41, 5.74) is 7.67. The Morgan fingerprint density at radius 1 is 1.32 bits per heavy atom. The highest BCUT2D eigenvalue weighted by Gasteiger charge is 2.07. The molecule has 0 bridgehead atoms. The van der Waals surface area contributed by atoms with E-state index in [-0.39, 0.29) is 6.10 Å². The van der Waals surface area contributed by atoms with Gasteiger partial charge in [0, 0.05) is 11.4 Å². The van der Waals surface area contributed by atoms with Gasteiger partial charge in [-0.3, -0.25) is 0 Å². The molecule has 2 aromatic rings. The number of nitrogens with two attached hydrogens (primary N) is 1. The molecule has 0 spiro atoms. The van der Waals surface area contributed by atoms with Crippen LogP contribution in [-0.2, 0) is 6.54 Å². The lowest BCUT2D eigenvalue weighted by atomic mass is 10.2. The number of rotatable bonds is 5. The second-order valence-corrected chi connectivity index (χ2v) is 6.99. The van der Waals surface area contributed by atoms with Gasteiger partial charge >= 0.3 is 0 Å². The van der Waals surface area contributed by atoms with Gasteiger partial charge in [-0.05, 0) is 54.0 Å². The molecule has 3 nitrogen and oxygen atoms in total. The lowest BCUT2D eigenvalue weighted by Crippen LogP contribution is -2.09. The zero-order chi connectivity index (χ0) is 13.8. The molecule has 0 aliphatic heterocycles. The number of benzene rings is 1. The smallest absolute Gasteiger partial charge is 0.144 e. The molecular weight excluding hydrogens is 324 g/mol. The summed E-state index contributed by atoms with van der Waals surface area (Å²) in [6, 6.07) is 9.93. The highest BCUT2D eigenvalue weighted by molar-refractivity contribution is 9.11. The molecule has 0 unspecified atom stereocenters. The molecule has 3 N–H and O–H groups in total. The van der Waals surface area contributed by atoms with Gasteiger partial charge in [0.1, 0.15) is 5.75 Å². The number of thiophene rings is 1. The predicted molar refractivity (Wildman–Crippen MR) is 86.0 cm³/mol. The van der Waals surface area contributed by atoms with E-state index in [0.29, 0.717) is 5.69 Å². The third-order valence-corrected chi connectivity index (χ3v) is 4.13. The van der Waals surface area contributed by atoms with Crippen molar-refractivity contribution in [1.82, 2.24) is 0 Å². The van der Waals surface area contributed by atoms with Crippen LogP contribution >= 0.6 is 27.3 Å². The Labute approximate surface area is 125 Å². The quantitative estimate of drug-likeness (QED) is 0.788. The number of nitrogens with one attached hydrogen (secondary N) is 1. The molecule has 0 atom stereocenters. The molecule has 2 rings (SSSR count). The van der Waals surface area contributed by atoms with Crippen molar-refractivity contribution in [2.24, 2.45) is 0 Å². The Bertz CT molecular complexity index is 554. The van der Waals surface area contributed by atoms with E-state index in [1.54, 1.807) is 11.3 Å². The molecular formula is C14H17BrN2OS. The summed E-state index contributed by atoms with van der Waals surface area (Å²) in [5, 5.41) is 3.34. The van der Waals surface area contributed by atoms with Crippen LogP contribution < -0.4 is 15.8 Å². The molecule has 0 radical (unpaired) electrons. The zero-order valence-corrected chi connectivity index (χ0v) is 13.3. The summed E-state index contributed by atoms with van der Waals surface area (Å²) >= 11 is 5.17. The fourth-order valence-electron chi connectivity index (χ4n) is 1.68. The van der Waals surface area contributed by atoms with Gasteiger partial charge in [0.05, 0.1) is 21.3 Å². The van der Waals surface area contributed by atoms with E-state index in [1.807, 2.05) is 38.1 Å². The number of hydrogen-bond acceptors (Lipinski definition) is 4.